The Bertz CT molecular complexity index is 1190. The molecule has 2 aromatic carbocycles. The lowest BCUT2D eigenvalue weighted by Crippen LogP contribution is -2.37. The molecular weight excluding hydrogens is 446 g/mol. The highest BCUT2D eigenvalue weighted by molar-refractivity contribution is 7.91. The third-order valence-corrected chi connectivity index (χ3v) is 6.82. The van der Waals surface area contributed by atoms with Gasteiger partial charge in [0.25, 0.3) is 5.91 Å². The standard InChI is InChI=1S/C20H22ClN3O4S2/c1-23(2)10-11-24(19(25)14-12-13(21)8-9-15(14)28-3)20-22-18-16(29-20)6-5-7-17(18)30(4,26)27/h5-9,12H,10-11H2,1-4H3. The molecule has 160 valence electrons. The number of hydrogen-bond donors (Lipinski definition) is 0. The monoisotopic (exact) mass is 467 g/mol. The number of rotatable bonds is 7. The Morgan fingerprint density at radius 1 is 1.20 bits per heavy atom. The average Bonchev–Trinajstić information content (AvgIpc) is 3.10. The maximum absolute atomic E-state index is 13.5. The van der Waals surface area contributed by atoms with Gasteiger partial charge in [0.2, 0.25) is 0 Å². The number of ether oxygens (including phenoxy) is 1. The molecule has 0 bridgehead atoms. The second-order valence-electron chi connectivity index (χ2n) is 6.98. The molecule has 3 rings (SSSR count). The van der Waals surface area contributed by atoms with Gasteiger partial charge in [0.1, 0.15) is 11.3 Å². The van der Waals surface area contributed by atoms with E-state index in [1.54, 1.807) is 30.3 Å². The van der Waals surface area contributed by atoms with E-state index in [-0.39, 0.29) is 10.8 Å². The van der Waals surface area contributed by atoms with Gasteiger partial charge in [-0.1, -0.05) is 29.0 Å². The number of hydrogen-bond acceptors (Lipinski definition) is 7. The van der Waals surface area contributed by atoms with Gasteiger partial charge >= 0.3 is 0 Å². The van der Waals surface area contributed by atoms with Crippen LogP contribution in [0.25, 0.3) is 10.2 Å². The first-order valence-corrected chi connectivity index (χ1v) is 12.1. The Morgan fingerprint density at radius 2 is 1.93 bits per heavy atom. The van der Waals surface area contributed by atoms with Gasteiger partial charge in [-0.3, -0.25) is 9.69 Å². The lowest BCUT2D eigenvalue weighted by molar-refractivity contribution is 0.0982. The predicted molar refractivity (Wildman–Crippen MR) is 121 cm³/mol. The molecule has 0 fully saturated rings. The second-order valence-corrected chi connectivity index (χ2v) is 10.4. The highest BCUT2D eigenvalue weighted by Crippen LogP contribution is 2.34. The number of aromatic nitrogens is 1. The van der Waals surface area contributed by atoms with Crippen molar-refractivity contribution in [2.24, 2.45) is 0 Å². The van der Waals surface area contributed by atoms with Gasteiger partial charge in [0.05, 0.1) is 22.3 Å². The number of likely N-dealkylation sites (N-methyl/N-ethyl adjacent to an activating group) is 1. The Morgan fingerprint density at radius 3 is 2.57 bits per heavy atom. The zero-order chi connectivity index (χ0) is 22.1. The van der Waals surface area contributed by atoms with E-state index in [2.05, 4.69) is 4.98 Å². The van der Waals surface area contributed by atoms with Crippen molar-refractivity contribution in [3.05, 3.63) is 47.0 Å². The molecule has 0 saturated carbocycles. The number of thiazole rings is 1. The van der Waals surface area contributed by atoms with Crippen LogP contribution in [0.4, 0.5) is 5.13 Å². The Hall–Kier alpha value is -2.20. The fraction of sp³-hybridized carbons (Fsp3) is 0.300. The number of halogens is 1. The molecule has 0 atom stereocenters. The molecule has 1 amide bonds. The van der Waals surface area contributed by atoms with Crippen LogP contribution in [0.1, 0.15) is 10.4 Å². The van der Waals surface area contributed by atoms with Gasteiger partial charge < -0.3 is 9.64 Å². The molecule has 10 heteroatoms. The number of benzene rings is 2. The summed E-state index contributed by atoms with van der Waals surface area (Å²) >= 11 is 7.38. The van der Waals surface area contributed by atoms with Crippen LogP contribution in [0.15, 0.2) is 41.3 Å². The average molecular weight is 468 g/mol. The van der Waals surface area contributed by atoms with Crippen molar-refractivity contribution in [1.29, 1.82) is 0 Å². The van der Waals surface area contributed by atoms with E-state index in [0.29, 0.717) is 44.8 Å². The first-order valence-electron chi connectivity index (χ1n) is 9.01. The van der Waals surface area contributed by atoms with Gasteiger partial charge in [-0.15, -0.1) is 0 Å². The third-order valence-electron chi connectivity index (χ3n) is 4.41. The molecule has 0 aliphatic carbocycles. The quantitative estimate of drug-likeness (QED) is 0.528. The van der Waals surface area contributed by atoms with Gasteiger partial charge in [-0.2, -0.15) is 0 Å². The van der Waals surface area contributed by atoms with E-state index in [0.717, 1.165) is 6.26 Å². The molecule has 0 radical (unpaired) electrons. The molecular formula is C20H22ClN3O4S2. The number of sulfone groups is 1. The highest BCUT2D eigenvalue weighted by Gasteiger charge is 2.26. The summed E-state index contributed by atoms with van der Waals surface area (Å²) in [6, 6.07) is 9.83. The Labute approximate surface area is 184 Å². The number of para-hydroxylation sites is 1. The number of anilines is 1. The van der Waals surface area contributed by atoms with E-state index >= 15 is 0 Å². The fourth-order valence-corrected chi connectivity index (χ4v) is 4.99. The smallest absolute Gasteiger partial charge is 0.263 e. The van der Waals surface area contributed by atoms with Crippen LogP contribution in [0.5, 0.6) is 5.75 Å². The number of methoxy groups -OCH3 is 1. The molecule has 0 saturated heterocycles. The number of nitrogens with zero attached hydrogens (tertiary/aromatic N) is 3. The Kier molecular flexibility index (Phi) is 6.66. The predicted octanol–water partition coefficient (Wildman–Crippen LogP) is 3.57. The molecule has 30 heavy (non-hydrogen) atoms. The number of carbonyl (C=O) groups excluding carboxylic acids is 1. The summed E-state index contributed by atoms with van der Waals surface area (Å²) < 4.78 is 30.4. The molecule has 0 aliphatic rings. The van der Waals surface area contributed by atoms with Crippen LogP contribution in [-0.4, -0.2) is 64.8 Å². The van der Waals surface area contributed by atoms with Crippen molar-refractivity contribution < 1.29 is 17.9 Å². The molecule has 0 spiro atoms. The number of fused-ring (bicyclic) bond motifs is 1. The molecule has 1 aromatic heterocycles. The number of amides is 1. The highest BCUT2D eigenvalue weighted by atomic mass is 35.5. The second kappa shape index (κ2) is 8.89. The first-order chi connectivity index (χ1) is 14.1. The zero-order valence-electron chi connectivity index (χ0n) is 17.0. The molecule has 0 aliphatic heterocycles. The summed E-state index contributed by atoms with van der Waals surface area (Å²) in [5.41, 5.74) is 0.673. The van der Waals surface area contributed by atoms with E-state index in [1.807, 2.05) is 19.0 Å². The summed E-state index contributed by atoms with van der Waals surface area (Å²) in [4.78, 5) is 21.6. The lowest BCUT2D eigenvalue weighted by atomic mass is 10.1. The molecule has 1 heterocycles. The lowest BCUT2D eigenvalue weighted by Gasteiger charge is -2.23. The zero-order valence-corrected chi connectivity index (χ0v) is 19.4. The summed E-state index contributed by atoms with van der Waals surface area (Å²) in [6.45, 7) is 0.943. The van der Waals surface area contributed by atoms with Crippen molar-refractivity contribution in [3.8, 4) is 5.75 Å². The molecule has 0 N–H and O–H groups in total. The van der Waals surface area contributed by atoms with E-state index in [9.17, 15) is 13.2 Å². The van der Waals surface area contributed by atoms with Crippen molar-refractivity contribution in [3.63, 3.8) is 0 Å². The van der Waals surface area contributed by atoms with Gasteiger partial charge in [-0.25, -0.2) is 13.4 Å². The Balaban J connectivity index is 2.13. The topological polar surface area (TPSA) is 79.8 Å². The van der Waals surface area contributed by atoms with Gasteiger partial charge in [-0.05, 0) is 44.4 Å². The minimum absolute atomic E-state index is 0.142. The van der Waals surface area contributed by atoms with E-state index < -0.39 is 9.84 Å². The van der Waals surface area contributed by atoms with E-state index in [1.165, 1.54) is 29.4 Å². The van der Waals surface area contributed by atoms with E-state index in [4.69, 9.17) is 16.3 Å². The first kappa shape index (κ1) is 22.5. The van der Waals surface area contributed by atoms with Crippen LogP contribution in [-0.2, 0) is 9.84 Å². The largest absolute Gasteiger partial charge is 0.496 e. The van der Waals surface area contributed by atoms with Crippen molar-refractivity contribution in [2.45, 2.75) is 4.90 Å². The third kappa shape index (κ3) is 4.75. The van der Waals surface area contributed by atoms with Crippen molar-refractivity contribution in [1.82, 2.24) is 9.88 Å². The maximum atomic E-state index is 13.5. The SMILES string of the molecule is COc1ccc(Cl)cc1C(=O)N(CCN(C)C)c1nc2c(S(C)(=O)=O)cccc2s1. The van der Waals surface area contributed by atoms with Gasteiger partial charge in [0, 0.05) is 24.4 Å². The molecule has 3 aromatic rings. The maximum Gasteiger partial charge on any atom is 0.263 e. The van der Waals surface area contributed by atoms with Crippen LogP contribution < -0.4 is 9.64 Å². The van der Waals surface area contributed by atoms with Crippen LogP contribution in [0.2, 0.25) is 5.02 Å². The van der Waals surface area contributed by atoms with Crippen LogP contribution >= 0.6 is 22.9 Å². The summed E-state index contributed by atoms with van der Waals surface area (Å²) in [5.74, 6) is 0.0772. The van der Waals surface area contributed by atoms with Gasteiger partial charge in [0.15, 0.2) is 15.0 Å². The fourth-order valence-electron chi connectivity index (χ4n) is 2.90. The summed E-state index contributed by atoms with van der Waals surface area (Å²) in [5, 5.41) is 0.824. The minimum atomic E-state index is -3.46. The van der Waals surface area contributed by atoms with Crippen molar-refractivity contribution in [2.75, 3.05) is 45.5 Å². The van der Waals surface area contributed by atoms with Crippen molar-refractivity contribution >= 4 is 54.0 Å². The molecule has 0 unspecified atom stereocenters. The minimum Gasteiger partial charge on any atom is -0.496 e. The molecule has 7 nitrogen and oxygen atoms in total. The number of carbonyl (C=O) groups is 1. The van der Waals surface area contributed by atoms with Crippen LogP contribution in [0.3, 0.4) is 0 Å². The summed E-state index contributed by atoms with van der Waals surface area (Å²) in [7, 11) is 1.84. The summed E-state index contributed by atoms with van der Waals surface area (Å²) in [6.07, 6.45) is 1.15. The normalized spacial score (nSPS) is 11.8. The van der Waals surface area contributed by atoms with Crippen LogP contribution in [0, 0.1) is 0 Å².